The molecule has 6 nitrogen and oxygen atoms in total. The van der Waals surface area contributed by atoms with Gasteiger partial charge in [0.15, 0.2) is 0 Å². The quantitative estimate of drug-likeness (QED) is 0.468. The first-order valence-electron chi connectivity index (χ1n) is 4.10. The fourth-order valence-electron chi connectivity index (χ4n) is 1.31. The third-order valence-corrected chi connectivity index (χ3v) is 2.23. The summed E-state index contributed by atoms with van der Waals surface area (Å²) in [4.78, 5) is 20.7. The van der Waals surface area contributed by atoms with Crippen molar-refractivity contribution in [2.75, 3.05) is 0 Å². The lowest BCUT2D eigenvalue weighted by molar-refractivity contribution is -0.388. The maximum atomic E-state index is 11.2. The highest BCUT2D eigenvalue weighted by molar-refractivity contribution is 6.31. The smallest absolute Gasteiger partial charge is 0.419 e. The van der Waals surface area contributed by atoms with Gasteiger partial charge in [-0.3, -0.25) is 10.1 Å². The van der Waals surface area contributed by atoms with Crippen molar-refractivity contribution in [2.45, 2.75) is 0 Å². The van der Waals surface area contributed by atoms with E-state index in [0.717, 1.165) is 0 Å². The molecule has 0 saturated heterocycles. The highest BCUT2D eigenvalue weighted by atomic mass is 35.5. The molecule has 82 valence electrons. The summed E-state index contributed by atoms with van der Waals surface area (Å²) in [5, 5.41) is 20.4. The molecule has 0 atom stereocenters. The predicted octanol–water partition coefficient (Wildman–Crippen LogP) is 2.06. The summed E-state index contributed by atoms with van der Waals surface area (Å²) in [6.45, 7) is 0. The van der Waals surface area contributed by atoms with Gasteiger partial charge in [-0.05, 0) is 18.2 Å². The number of nitrogens with zero attached hydrogens (tertiary/aromatic N) is 1. The van der Waals surface area contributed by atoms with Gasteiger partial charge in [-0.15, -0.1) is 0 Å². The molecule has 0 saturated carbocycles. The number of fused-ring (bicyclic) bond motifs is 1. The van der Waals surface area contributed by atoms with Crippen LogP contribution >= 0.6 is 11.6 Å². The van der Waals surface area contributed by atoms with Gasteiger partial charge in [-0.1, -0.05) is 11.6 Å². The van der Waals surface area contributed by atoms with Crippen LogP contribution in [-0.2, 0) is 0 Å². The van der Waals surface area contributed by atoms with E-state index < -0.39 is 22.0 Å². The summed E-state index contributed by atoms with van der Waals surface area (Å²) >= 11 is 5.66. The minimum Gasteiger partial charge on any atom is -0.501 e. The van der Waals surface area contributed by atoms with Gasteiger partial charge in [-0.25, -0.2) is 4.79 Å². The number of aromatic hydroxyl groups is 1. The lowest BCUT2D eigenvalue weighted by Crippen LogP contribution is -2.06. The monoisotopic (exact) mass is 241 g/mol. The topological polar surface area (TPSA) is 93.6 Å². The maximum Gasteiger partial charge on any atom is 0.419 e. The zero-order valence-corrected chi connectivity index (χ0v) is 8.39. The average molecular weight is 242 g/mol. The number of nitro groups is 1. The molecule has 1 aromatic carbocycles. The molecular formula is C9H4ClNO5. The molecule has 16 heavy (non-hydrogen) atoms. The Morgan fingerprint density at radius 2 is 2.12 bits per heavy atom. The molecule has 0 aliphatic rings. The van der Waals surface area contributed by atoms with Crippen molar-refractivity contribution in [2.24, 2.45) is 0 Å². The van der Waals surface area contributed by atoms with E-state index in [1.165, 1.54) is 18.2 Å². The Hall–Kier alpha value is -2.08. The second-order valence-corrected chi connectivity index (χ2v) is 3.42. The number of halogens is 1. The molecule has 0 amide bonds. The van der Waals surface area contributed by atoms with E-state index in [1.54, 1.807) is 0 Å². The first kappa shape index (κ1) is 10.4. The number of hydrogen-bond acceptors (Lipinski definition) is 5. The van der Waals surface area contributed by atoms with Crippen LogP contribution in [0.4, 0.5) is 5.69 Å². The maximum absolute atomic E-state index is 11.2. The number of hydrogen-bond donors (Lipinski definition) is 1. The second kappa shape index (κ2) is 3.49. The van der Waals surface area contributed by atoms with Crippen LogP contribution in [0.15, 0.2) is 27.4 Å². The summed E-state index contributed by atoms with van der Waals surface area (Å²) in [7, 11) is 0. The summed E-state index contributed by atoms with van der Waals surface area (Å²) < 4.78 is 4.67. The summed E-state index contributed by atoms with van der Waals surface area (Å²) in [5.74, 6) is -0.737. The Labute approximate surface area is 92.8 Å². The van der Waals surface area contributed by atoms with Crippen LogP contribution in [0.5, 0.6) is 5.75 Å². The zero-order chi connectivity index (χ0) is 11.9. The van der Waals surface area contributed by atoms with Crippen LogP contribution in [0.2, 0.25) is 5.02 Å². The van der Waals surface area contributed by atoms with Crippen molar-refractivity contribution < 1.29 is 14.4 Å². The highest BCUT2D eigenvalue weighted by Crippen LogP contribution is 2.32. The minimum atomic E-state index is -1.20. The van der Waals surface area contributed by atoms with E-state index in [1.807, 2.05) is 0 Å². The van der Waals surface area contributed by atoms with Gasteiger partial charge in [0, 0.05) is 5.02 Å². The van der Waals surface area contributed by atoms with E-state index >= 15 is 0 Å². The summed E-state index contributed by atoms with van der Waals surface area (Å²) in [6, 6.07) is 4.07. The van der Waals surface area contributed by atoms with Crippen LogP contribution in [-0.4, -0.2) is 10.0 Å². The highest BCUT2D eigenvalue weighted by Gasteiger charge is 2.24. The average Bonchev–Trinajstić information content (AvgIpc) is 2.19. The Bertz CT molecular complexity index is 648. The fraction of sp³-hybridized carbons (Fsp3) is 0. The van der Waals surface area contributed by atoms with Gasteiger partial charge in [0.05, 0.1) is 10.3 Å². The lowest BCUT2D eigenvalue weighted by atomic mass is 10.2. The van der Waals surface area contributed by atoms with Crippen molar-refractivity contribution in [3.05, 3.63) is 43.8 Å². The van der Waals surface area contributed by atoms with E-state index in [2.05, 4.69) is 4.42 Å². The van der Waals surface area contributed by atoms with Crippen LogP contribution < -0.4 is 5.63 Å². The molecule has 0 bridgehead atoms. The van der Waals surface area contributed by atoms with Crippen molar-refractivity contribution in [1.29, 1.82) is 0 Å². The standard InChI is InChI=1S/C9H4ClNO5/c10-4-1-2-6-5(3-4)8(12)7(11(14)15)9(13)16-6/h1-3,12H. The van der Waals surface area contributed by atoms with Gasteiger partial charge in [-0.2, -0.15) is 0 Å². The molecule has 0 radical (unpaired) electrons. The largest absolute Gasteiger partial charge is 0.501 e. The SMILES string of the molecule is O=c1oc2ccc(Cl)cc2c(O)c1[N+](=O)[O-]. The van der Waals surface area contributed by atoms with Gasteiger partial charge in [0.1, 0.15) is 5.58 Å². The molecule has 1 N–H and O–H groups in total. The summed E-state index contributed by atoms with van der Waals surface area (Å²) in [5.41, 5.74) is -2.15. The molecule has 0 aliphatic heterocycles. The molecular weight excluding hydrogens is 238 g/mol. The normalized spacial score (nSPS) is 10.6. The molecule has 1 aromatic heterocycles. The van der Waals surface area contributed by atoms with E-state index in [4.69, 9.17) is 11.6 Å². The second-order valence-electron chi connectivity index (χ2n) is 2.98. The van der Waals surface area contributed by atoms with Gasteiger partial charge >= 0.3 is 11.3 Å². The van der Waals surface area contributed by atoms with Crippen molar-refractivity contribution >= 4 is 28.3 Å². The van der Waals surface area contributed by atoms with Gasteiger partial charge in [0.2, 0.25) is 5.75 Å². The number of benzene rings is 1. The molecule has 0 spiro atoms. The van der Waals surface area contributed by atoms with Crippen molar-refractivity contribution in [1.82, 2.24) is 0 Å². The third-order valence-electron chi connectivity index (χ3n) is 2.00. The van der Waals surface area contributed by atoms with Crippen LogP contribution in [0.3, 0.4) is 0 Å². The Kier molecular flexibility index (Phi) is 2.28. The molecule has 0 aliphatic carbocycles. The summed E-state index contributed by atoms with van der Waals surface area (Å²) in [6.07, 6.45) is 0. The molecule has 2 aromatic rings. The number of rotatable bonds is 1. The fourth-order valence-corrected chi connectivity index (χ4v) is 1.48. The van der Waals surface area contributed by atoms with Crippen LogP contribution in [0.25, 0.3) is 11.0 Å². The Morgan fingerprint density at radius 1 is 1.44 bits per heavy atom. The van der Waals surface area contributed by atoms with Gasteiger partial charge in [0.25, 0.3) is 0 Å². The van der Waals surface area contributed by atoms with E-state index in [-0.39, 0.29) is 16.0 Å². The van der Waals surface area contributed by atoms with E-state index in [9.17, 15) is 20.0 Å². The van der Waals surface area contributed by atoms with Crippen LogP contribution in [0.1, 0.15) is 0 Å². The molecule has 7 heteroatoms. The first-order chi connectivity index (χ1) is 7.50. The van der Waals surface area contributed by atoms with Gasteiger partial charge < -0.3 is 9.52 Å². The molecule has 0 unspecified atom stereocenters. The van der Waals surface area contributed by atoms with Crippen molar-refractivity contribution in [3.8, 4) is 5.75 Å². The minimum absolute atomic E-state index is 0.0267. The zero-order valence-electron chi connectivity index (χ0n) is 7.64. The third kappa shape index (κ3) is 1.49. The van der Waals surface area contributed by atoms with Crippen LogP contribution in [0, 0.1) is 10.1 Å². The molecule has 1 heterocycles. The molecule has 0 fully saturated rings. The molecule has 2 rings (SSSR count). The first-order valence-corrected chi connectivity index (χ1v) is 4.48. The Morgan fingerprint density at radius 3 is 2.75 bits per heavy atom. The predicted molar refractivity (Wildman–Crippen MR) is 55.8 cm³/mol. The lowest BCUT2D eigenvalue weighted by Gasteiger charge is -2.00. The van der Waals surface area contributed by atoms with E-state index in [0.29, 0.717) is 0 Å². The van der Waals surface area contributed by atoms with Crippen molar-refractivity contribution in [3.63, 3.8) is 0 Å². The Balaban J connectivity index is 2.96.